The van der Waals surface area contributed by atoms with Crippen LogP contribution in [0.4, 0.5) is 15.1 Å². The highest BCUT2D eigenvalue weighted by Gasteiger charge is 2.34. The number of nitrogens with one attached hydrogen (secondary N) is 3. The molecule has 1 unspecified atom stereocenters. The summed E-state index contributed by atoms with van der Waals surface area (Å²) in [7, 11) is 0. The van der Waals surface area contributed by atoms with Crippen molar-refractivity contribution >= 4 is 56.4 Å². The van der Waals surface area contributed by atoms with E-state index in [4.69, 9.17) is 5.73 Å². The van der Waals surface area contributed by atoms with Crippen molar-refractivity contribution in [1.82, 2.24) is 10.6 Å². The minimum absolute atomic E-state index is 0.0103. The molecule has 0 saturated carbocycles. The molecule has 0 radical (unpaired) electrons. The van der Waals surface area contributed by atoms with Crippen LogP contribution < -0.4 is 21.7 Å². The molecule has 0 saturated heterocycles. The molecule has 1 aliphatic rings. The number of aliphatic hydroxyl groups is 1. The summed E-state index contributed by atoms with van der Waals surface area (Å²) in [6, 6.07) is 4.72. The molecular weight excluding hydrogens is 522 g/mol. The number of rotatable bonds is 6. The lowest BCUT2D eigenvalue weighted by molar-refractivity contribution is 0.0919. The van der Waals surface area contributed by atoms with Gasteiger partial charge in [-0.1, -0.05) is 13.8 Å². The molecule has 2 aromatic rings. The number of carbonyl (C=O) groups is 2. The van der Waals surface area contributed by atoms with Gasteiger partial charge in [-0.3, -0.25) is 9.59 Å². The zero-order chi connectivity index (χ0) is 22.1. The number of halogens is 2. The van der Waals surface area contributed by atoms with Crippen molar-refractivity contribution in [2.45, 2.75) is 26.4 Å². The average Bonchev–Trinajstić information content (AvgIpc) is 2.98. The zero-order valence-corrected chi connectivity index (χ0v) is 19.6. The molecule has 1 aliphatic heterocycles. The lowest BCUT2D eigenvalue weighted by Gasteiger charge is -2.22. The molecule has 162 valence electrons. The van der Waals surface area contributed by atoms with E-state index in [-0.39, 0.29) is 30.1 Å². The standard InChI is InChI=1S/C20H24FIN4O3S/c1-20(2)6-12-15(17(28)24-8-11(27)7-23)19(30-16(12)18(29)25-9-20)26-14-4-3-10(22)5-13(14)21/h3-5,11,26-27H,6-9,23H2,1-2H3,(H,24,28)(H,25,29). The van der Waals surface area contributed by atoms with Crippen LogP contribution in [0.2, 0.25) is 0 Å². The Hall–Kier alpha value is -1.76. The Kier molecular flexibility index (Phi) is 7.00. The summed E-state index contributed by atoms with van der Waals surface area (Å²) in [4.78, 5) is 26.2. The van der Waals surface area contributed by atoms with Crippen molar-refractivity contribution in [1.29, 1.82) is 0 Å². The van der Waals surface area contributed by atoms with Crippen LogP contribution in [-0.4, -0.2) is 42.7 Å². The Bertz CT molecular complexity index is 979. The second-order valence-electron chi connectivity index (χ2n) is 7.99. The van der Waals surface area contributed by atoms with Gasteiger partial charge in [0.25, 0.3) is 11.8 Å². The van der Waals surface area contributed by atoms with E-state index in [1.165, 1.54) is 6.07 Å². The van der Waals surface area contributed by atoms with Crippen LogP contribution in [0.5, 0.6) is 0 Å². The number of hydrogen-bond donors (Lipinski definition) is 5. The van der Waals surface area contributed by atoms with Crippen molar-refractivity contribution < 1.29 is 19.1 Å². The summed E-state index contributed by atoms with van der Waals surface area (Å²) in [5.74, 6) is -1.16. The molecule has 7 nitrogen and oxygen atoms in total. The number of amides is 2. The number of carbonyl (C=O) groups excluding carboxylic acids is 2. The molecule has 1 atom stereocenters. The highest BCUT2D eigenvalue weighted by molar-refractivity contribution is 14.1. The molecule has 0 spiro atoms. The Balaban J connectivity index is 2.05. The van der Waals surface area contributed by atoms with Crippen LogP contribution in [0.3, 0.4) is 0 Å². The maximum atomic E-state index is 14.4. The molecule has 1 aromatic heterocycles. The van der Waals surface area contributed by atoms with E-state index in [0.717, 1.165) is 14.9 Å². The van der Waals surface area contributed by atoms with Gasteiger partial charge in [-0.15, -0.1) is 11.3 Å². The third-order valence-electron chi connectivity index (χ3n) is 4.77. The third kappa shape index (κ3) is 5.10. The summed E-state index contributed by atoms with van der Waals surface area (Å²) in [6.07, 6.45) is -0.382. The fourth-order valence-corrected chi connectivity index (χ4v) is 4.78. The van der Waals surface area contributed by atoms with Gasteiger partial charge < -0.3 is 26.8 Å². The monoisotopic (exact) mass is 546 g/mol. The number of thiophene rings is 1. The van der Waals surface area contributed by atoms with E-state index in [9.17, 15) is 19.1 Å². The Morgan fingerprint density at radius 3 is 2.87 bits per heavy atom. The Morgan fingerprint density at radius 1 is 1.47 bits per heavy atom. The average molecular weight is 546 g/mol. The SMILES string of the molecule is CC1(C)CNC(=O)c2sc(Nc3ccc(I)cc3F)c(C(=O)NCC(O)CN)c2C1. The molecule has 0 bridgehead atoms. The molecule has 1 aromatic carbocycles. The lowest BCUT2D eigenvalue weighted by atomic mass is 9.85. The van der Waals surface area contributed by atoms with Gasteiger partial charge in [-0.25, -0.2) is 4.39 Å². The third-order valence-corrected chi connectivity index (χ3v) is 6.59. The van der Waals surface area contributed by atoms with E-state index >= 15 is 0 Å². The molecule has 3 rings (SSSR count). The summed E-state index contributed by atoms with van der Waals surface area (Å²) < 4.78 is 15.2. The zero-order valence-electron chi connectivity index (χ0n) is 16.6. The topological polar surface area (TPSA) is 116 Å². The first-order chi connectivity index (χ1) is 14.1. The minimum atomic E-state index is -0.879. The summed E-state index contributed by atoms with van der Waals surface area (Å²) in [5, 5.41) is 18.6. The highest BCUT2D eigenvalue weighted by atomic mass is 127. The van der Waals surface area contributed by atoms with E-state index in [2.05, 4.69) is 16.0 Å². The molecule has 10 heteroatoms. The molecular formula is C20H24FIN4O3S. The van der Waals surface area contributed by atoms with Gasteiger partial charge in [0, 0.05) is 23.2 Å². The van der Waals surface area contributed by atoms with Crippen molar-refractivity contribution in [3.05, 3.63) is 43.6 Å². The largest absolute Gasteiger partial charge is 0.390 e. The molecule has 2 amide bonds. The van der Waals surface area contributed by atoms with Crippen molar-refractivity contribution in [3.8, 4) is 0 Å². The predicted molar refractivity (Wildman–Crippen MR) is 124 cm³/mol. The number of anilines is 2. The van der Waals surface area contributed by atoms with Crippen LogP contribution in [0.25, 0.3) is 0 Å². The smallest absolute Gasteiger partial charge is 0.261 e. The molecule has 2 heterocycles. The maximum Gasteiger partial charge on any atom is 0.261 e. The van der Waals surface area contributed by atoms with Crippen molar-refractivity contribution in [2.75, 3.05) is 25.0 Å². The highest BCUT2D eigenvalue weighted by Crippen LogP contribution is 2.40. The van der Waals surface area contributed by atoms with Crippen LogP contribution in [-0.2, 0) is 6.42 Å². The molecule has 6 N–H and O–H groups in total. The molecule has 0 aliphatic carbocycles. The van der Waals surface area contributed by atoms with Crippen molar-refractivity contribution in [3.63, 3.8) is 0 Å². The number of fused-ring (bicyclic) bond motifs is 1. The van der Waals surface area contributed by atoms with E-state index < -0.39 is 17.8 Å². The first-order valence-electron chi connectivity index (χ1n) is 9.43. The summed E-state index contributed by atoms with van der Waals surface area (Å²) >= 11 is 3.14. The van der Waals surface area contributed by atoms with Gasteiger partial charge in [0.05, 0.1) is 22.2 Å². The van der Waals surface area contributed by atoms with Crippen LogP contribution in [0.15, 0.2) is 18.2 Å². The van der Waals surface area contributed by atoms with Crippen LogP contribution in [0, 0.1) is 14.8 Å². The molecule has 0 fully saturated rings. The number of nitrogens with two attached hydrogens (primary N) is 1. The predicted octanol–water partition coefficient (Wildman–Crippen LogP) is 2.60. The minimum Gasteiger partial charge on any atom is -0.390 e. The van der Waals surface area contributed by atoms with Gasteiger partial charge in [-0.2, -0.15) is 0 Å². The number of aliphatic hydroxyl groups excluding tert-OH is 1. The number of benzene rings is 1. The fourth-order valence-electron chi connectivity index (χ4n) is 3.18. The summed E-state index contributed by atoms with van der Waals surface area (Å²) in [6.45, 7) is 4.48. The Morgan fingerprint density at radius 2 is 2.20 bits per heavy atom. The fraction of sp³-hybridized carbons (Fsp3) is 0.400. The van der Waals surface area contributed by atoms with Crippen LogP contribution in [0.1, 0.15) is 39.4 Å². The first kappa shape index (κ1) is 22.9. The number of hydrogen-bond acceptors (Lipinski definition) is 6. The maximum absolute atomic E-state index is 14.4. The van der Waals surface area contributed by atoms with Gasteiger partial charge in [0.1, 0.15) is 10.8 Å². The van der Waals surface area contributed by atoms with E-state index in [0.29, 0.717) is 34.0 Å². The van der Waals surface area contributed by atoms with Gasteiger partial charge in [0.2, 0.25) is 0 Å². The first-order valence-corrected chi connectivity index (χ1v) is 11.3. The second-order valence-corrected chi connectivity index (χ2v) is 10.3. The van der Waals surface area contributed by atoms with E-state index in [1.54, 1.807) is 12.1 Å². The van der Waals surface area contributed by atoms with Gasteiger partial charge >= 0.3 is 0 Å². The summed E-state index contributed by atoms with van der Waals surface area (Å²) in [5.41, 5.74) is 6.27. The second kappa shape index (κ2) is 9.16. The van der Waals surface area contributed by atoms with Crippen LogP contribution >= 0.6 is 33.9 Å². The van der Waals surface area contributed by atoms with Crippen molar-refractivity contribution in [2.24, 2.45) is 11.1 Å². The normalized spacial score (nSPS) is 16.3. The quantitative estimate of drug-likeness (QED) is 0.358. The van der Waals surface area contributed by atoms with Gasteiger partial charge in [-0.05, 0) is 58.2 Å². The molecule has 30 heavy (non-hydrogen) atoms. The Labute approximate surface area is 191 Å². The van der Waals surface area contributed by atoms with Gasteiger partial charge in [0.15, 0.2) is 0 Å². The lowest BCUT2D eigenvalue weighted by Crippen LogP contribution is -2.36. The van der Waals surface area contributed by atoms with E-state index in [1.807, 2.05) is 36.4 Å².